The molecule has 0 radical (unpaired) electrons. The van der Waals surface area contributed by atoms with Crippen molar-refractivity contribution in [1.82, 2.24) is 0 Å². The fourth-order valence-electron chi connectivity index (χ4n) is 2.57. The number of ether oxygens (including phenoxy) is 1. The quantitative estimate of drug-likeness (QED) is 0.797. The molecule has 0 atom stereocenters. The van der Waals surface area contributed by atoms with Crippen molar-refractivity contribution in [2.24, 2.45) is 5.73 Å². The summed E-state index contributed by atoms with van der Waals surface area (Å²) in [5.74, 6) is 1.12. The first-order valence-corrected chi connectivity index (χ1v) is 5.72. The van der Waals surface area contributed by atoms with Gasteiger partial charge in [0, 0.05) is 18.4 Å². The van der Waals surface area contributed by atoms with E-state index in [-0.39, 0.29) is 0 Å². The molecule has 1 aromatic rings. The minimum atomic E-state index is 0.308. The highest BCUT2D eigenvalue weighted by atomic mass is 16.5. The first-order valence-electron chi connectivity index (χ1n) is 5.72. The van der Waals surface area contributed by atoms with Gasteiger partial charge < -0.3 is 10.5 Å². The largest absolute Gasteiger partial charge is 0.493 e. The van der Waals surface area contributed by atoms with Crippen LogP contribution in [0.1, 0.15) is 29.5 Å². The number of fused-ring (bicyclic) bond motifs is 1. The van der Waals surface area contributed by atoms with Crippen LogP contribution in [0.2, 0.25) is 0 Å². The third kappa shape index (κ3) is 1.28. The van der Waals surface area contributed by atoms with Crippen LogP contribution in [0.25, 0.3) is 0 Å². The number of nitrogens with two attached hydrogens (primary N) is 1. The number of rotatable bonds is 2. The van der Waals surface area contributed by atoms with Gasteiger partial charge in [-0.1, -0.05) is 12.1 Å². The monoisotopic (exact) mass is 203 g/mol. The van der Waals surface area contributed by atoms with Crippen LogP contribution in [0.5, 0.6) is 5.75 Å². The molecule has 2 nitrogen and oxygen atoms in total. The highest BCUT2D eigenvalue weighted by Gasteiger charge is 2.43. The summed E-state index contributed by atoms with van der Waals surface area (Å²) in [5.41, 5.74) is 10.3. The van der Waals surface area contributed by atoms with Gasteiger partial charge in [-0.2, -0.15) is 0 Å². The second-order valence-electron chi connectivity index (χ2n) is 4.86. The van der Waals surface area contributed by atoms with Gasteiger partial charge in [-0.05, 0) is 36.5 Å². The molecule has 0 unspecified atom stereocenters. The lowest BCUT2D eigenvalue weighted by atomic mass is 9.92. The number of aryl methyl sites for hydroxylation is 1. The van der Waals surface area contributed by atoms with Crippen LogP contribution in [-0.4, -0.2) is 13.2 Å². The zero-order valence-corrected chi connectivity index (χ0v) is 9.18. The lowest BCUT2D eigenvalue weighted by molar-refractivity contribution is 0.354. The molecule has 0 amide bonds. The van der Waals surface area contributed by atoms with E-state index in [2.05, 4.69) is 19.1 Å². The Bertz CT molecular complexity index is 407. The van der Waals surface area contributed by atoms with Gasteiger partial charge in [0.15, 0.2) is 0 Å². The predicted octanol–water partition coefficient (Wildman–Crippen LogP) is 1.92. The molecule has 1 heterocycles. The molecule has 1 fully saturated rings. The topological polar surface area (TPSA) is 35.2 Å². The summed E-state index contributed by atoms with van der Waals surface area (Å²) in [6, 6.07) is 4.58. The summed E-state index contributed by atoms with van der Waals surface area (Å²) in [6.07, 6.45) is 3.57. The fraction of sp³-hybridized carbons (Fsp3) is 0.538. The van der Waals surface area contributed by atoms with E-state index in [0.717, 1.165) is 25.3 Å². The molecule has 0 spiro atoms. The molecular weight excluding hydrogens is 186 g/mol. The van der Waals surface area contributed by atoms with Crippen LogP contribution >= 0.6 is 0 Å². The maximum absolute atomic E-state index is 5.86. The smallest absolute Gasteiger partial charge is 0.125 e. The van der Waals surface area contributed by atoms with Crippen LogP contribution in [0.3, 0.4) is 0 Å². The van der Waals surface area contributed by atoms with E-state index in [1.165, 1.54) is 29.5 Å². The van der Waals surface area contributed by atoms with E-state index in [1.54, 1.807) is 0 Å². The first-order chi connectivity index (χ1) is 7.25. The van der Waals surface area contributed by atoms with Crippen molar-refractivity contribution in [2.75, 3.05) is 13.2 Å². The molecule has 2 N–H and O–H groups in total. The van der Waals surface area contributed by atoms with Crippen molar-refractivity contribution in [1.29, 1.82) is 0 Å². The number of hydrogen-bond acceptors (Lipinski definition) is 2. The summed E-state index contributed by atoms with van der Waals surface area (Å²) in [5, 5.41) is 0. The summed E-state index contributed by atoms with van der Waals surface area (Å²) in [6.45, 7) is 3.77. The van der Waals surface area contributed by atoms with Crippen LogP contribution in [0.15, 0.2) is 12.1 Å². The van der Waals surface area contributed by atoms with Crippen LogP contribution in [0, 0.1) is 6.92 Å². The second-order valence-corrected chi connectivity index (χ2v) is 4.86. The van der Waals surface area contributed by atoms with Crippen molar-refractivity contribution in [2.45, 2.75) is 31.6 Å². The molecule has 0 aromatic heterocycles. The third-order valence-electron chi connectivity index (χ3n) is 3.83. The molecule has 1 aliphatic carbocycles. The van der Waals surface area contributed by atoms with Crippen molar-refractivity contribution in [3.05, 3.63) is 28.8 Å². The fourth-order valence-corrected chi connectivity index (χ4v) is 2.57. The molecule has 1 saturated carbocycles. The first kappa shape index (κ1) is 9.22. The Hall–Kier alpha value is -1.02. The maximum Gasteiger partial charge on any atom is 0.125 e. The molecule has 2 aliphatic rings. The minimum absolute atomic E-state index is 0.308. The molecule has 2 heteroatoms. The number of benzene rings is 1. The standard InChI is InChI=1S/C13H17NO/c1-9-6-11(13(8-14)3-4-13)7-10-2-5-15-12(9)10/h6-7H,2-5,8,14H2,1H3. The van der Waals surface area contributed by atoms with Crippen LogP contribution in [0.4, 0.5) is 0 Å². The third-order valence-corrected chi connectivity index (χ3v) is 3.83. The lowest BCUT2D eigenvalue weighted by Crippen LogP contribution is -2.19. The zero-order valence-electron chi connectivity index (χ0n) is 9.18. The Kier molecular flexibility index (Phi) is 1.84. The normalized spacial score (nSPS) is 20.9. The minimum Gasteiger partial charge on any atom is -0.493 e. The van der Waals surface area contributed by atoms with Crippen molar-refractivity contribution in [3.8, 4) is 5.75 Å². The Labute approximate surface area is 90.4 Å². The maximum atomic E-state index is 5.86. The van der Waals surface area contributed by atoms with E-state index < -0.39 is 0 Å². The van der Waals surface area contributed by atoms with Gasteiger partial charge in [0.05, 0.1) is 6.61 Å². The molecule has 0 saturated heterocycles. The van der Waals surface area contributed by atoms with Crippen molar-refractivity contribution < 1.29 is 4.74 Å². The second kappa shape index (κ2) is 2.99. The van der Waals surface area contributed by atoms with Gasteiger partial charge in [0.1, 0.15) is 5.75 Å². The van der Waals surface area contributed by atoms with Crippen LogP contribution < -0.4 is 10.5 Å². The predicted molar refractivity (Wildman–Crippen MR) is 60.3 cm³/mol. The SMILES string of the molecule is Cc1cc(C2(CN)CC2)cc2c1OCC2. The van der Waals surface area contributed by atoms with Gasteiger partial charge in [0.2, 0.25) is 0 Å². The lowest BCUT2D eigenvalue weighted by Gasteiger charge is -2.15. The van der Waals surface area contributed by atoms with E-state index in [9.17, 15) is 0 Å². The van der Waals surface area contributed by atoms with Gasteiger partial charge in [-0.15, -0.1) is 0 Å². The molecule has 15 heavy (non-hydrogen) atoms. The molecule has 80 valence electrons. The highest BCUT2D eigenvalue weighted by Crippen LogP contribution is 2.49. The van der Waals surface area contributed by atoms with E-state index in [4.69, 9.17) is 10.5 Å². The van der Waals surface area contributed by atoms with Gasteiger partial charge in [-0.25, -0.2) is 0 Å². The average molecular weight is 203 g/mol. The van der Waals surface area contributed by atoms with Crippen LogP contribution in [-0.2, 0) is 11.8 Å². The van der Waals surface area contributed by atoms with E-state index in [0.29, 0.717) is 5.41 Å². The van der Waals surface area contributed by atoms with Gasteiger partial charge in [0.25, 0.3) is 0 Å². The molecule has 1 aromatic carbocycles. The van der Waals surface area contributed by atoms with Gasteiger partial charge >= 0.3 is 0 Å². The van der Waals surface area contributed by atoms with E-state index in [1.807, 2.05) is 0 Å². The summed E-state index contributed by atoms with van der Waals surface area (Å²) < 4.78 is 5.62. The molecule has 1 aliphatic heterocycles. The summed E-state index contributed by atoms with van der Waals surface area (Å²) >= 11 is 0. The van der Waals surface area contributed by atoms with Crippen molar-refractivity contribution in [3.63, 3.8) is 0 Å². The molecular formula is C13H17NO. The van der Waals surface area contributed by atoms with E-state index >= 15 is 0 Å². The summed E-state index contributed by atoms with van der Waals surface area (Å²) in [4.78, 5) is 0. The average Bonchev–Trinajstić information content (AvgIpc) is 2.90. The Morgan fingerprint density at radius 3 is 2.87 bits per heavy atom. The summed E-state index contributed by atoms with van der Waals surface area (Å²) in [7, 11) is 0. The Balaban J connectivity index is 2.08. The number of hydrogen-bond donors (Lipinski definition) is 1. The Morgan fingerprint density at radius 1 is 1.40 bits per heavy atom. The highest BCUT2D eigenvalue weighted by molar-refractivity contribution is 5.49. The van der Waals surface area contributed by atoms with Crippen molar-refractivity contribution >= 4 is 0 Å². The molecule has 3 rings (SSSR count). The van der Waals surface area contributed by atoms with Gasteiger partial charge in [-0.3, -0.25) is 0 Å². The Morgan fingerprint density at radius 2 is 2.20 bits per heavy atom. The molecule has 0 bridgehead atoms. The zero-order chi connectivity index (χ0) is 10.5.